The standard InChI is InChI=1S/C23H32F3N5OS/c1-16(2)11-12-27-21(32)15-33-22-30-29-20(31(22)19-9-4-3-5-10-19)14-28-18-8-6-7-17(13-18)23(24,25)26/h6-8,13,16,19,28H,3-5,9-12,14-15H2,1-2H3,(H,27,32). The van der Waals surface area contributed by atoms with Crippen molar-refractivity contribution < 1.29 is 18.0 Å². The van der Waals surface area contributed by atoms with Crippen LogP contribution in [0.1, 0.15) is 69.8 Å². The molecule has 0 radical (unpaired) electrons. The van der Waals surface area contributed by atoms with Crippen LogP contribution in [-0.4, -0.2) is 33.0 Å². The number of hydrogen-bond donors (Lipinski definition) is 2. The Morgan fingerprint density at radius 1 is 1.21 bits per heavy atom. The summed E-state index contributed by atoms with van der Waals surface area (Å²) in [7, 11) is 0. The predicted octanol–water partition coefficient (Wildman–Crippen LogP) is 5.67. The van der Waals surface area contributed by atoms with E-state index in [9.17, 15) is 18.0 Å². The first-order chi connectivity index (χ1) is 15.7. The zero-order valence-corrected chi connectivity index (χ0v) is 19.9. The highest BCUT2D eigenvalue weighted by molar-refractivity contribution is 7.99. The molecule has 2 aromatic rings. The lowest BCUT2D eigenvalue weighted by Gasteiger charge is -2.25. The van der Waals surface area contributed by atoms with E-state index in [1.54, 1.807) is 6.07 Å². The van der Waals surface area contributed by atoms with Crippen LogP contribution in [0.3, 0.4) is 0 Å². The number of hydrogen-bond acceptors (Lipinski definition) is 5. The molecule has 2 N–H and O–H groups in total. The fraction of sp³-hybridized carbons (Fsp3) is 0.609. The van der Waals surface area contributed by atoms with Crippen molar-refractivity contribution in [2.45, 2.75) is 76.3 Å². The van der Waals surface area contributed by atoms with Crippen LogP contribution < -0.4 is 10.6 Å². The molecule has 6 nitrogen and oxygen atoms in total. The van der Waals surface area contributed by atoms with Crippen molar-refractivity contribution in [1.29, 1.82) is 0 Å². The molecule has 1 aromatic carbocycles. The van der Waals surface area contributed by atoms with E-state index in [1.165, 1.54) is 24.2 Å². The molecule has 0 saturated heterocycles. The van der Waals surface area contributed by atoms with Crippen molar-refractivity contribution in [2.24, 2.45) is 5.92 Å². The van der Waals surface area contributed by atoms with Gasteiger partial charge in [0.1, 0.15) is 0 Å². The maximum atomic E-state index is 13.0. The molecule has 10 heteroatoms. The van der Waals surface area contributed by atoms with Crippen molar-refractivity contribution in [3.8, 4) is 0 Å². The molecule has 0 atom stereocenters. The lowest BCUT2D eigenvalue weighted by molar-refractivity contribution is -0.137. The lowest BCUT2D eigenvalue weighted by Crippen LogP contribution is -2.27. The molecule has 0 bridgehead atoms. The number of alkyl halides is 3. The number of carbonyl (C=O) groups excluding carboxylic acids is 1. The van der Waals surface area contributed by atoms with Crippen LogP contribution in [0.15, 0.2) is 29.4 Å². The van der Waals surface area contributed by atoms with Gasteiger partial charge in [0, 0.05) is 18.3 Å². The number of nitrogens with one attached hydrogen (secondary N) is 2. The molecular formula is C23H32F3N5OS. The summed E-state index contributed by atoms with van der Waals surface area (Å²) in [6.45, 7) is 5.13. The van der Waals surface area contributed by atoms with Gasteiger partial charge in [0.25, 0.3) is 0 Å². The summed E-state index contributed by atoms with van der Waals surface area (Å²) >= 11 is 1.36. The Morgan fingerprint density at radius 2 is 1.97 bits per heavy atom. The minimum absolute atomic E-state index is 0.0394. The summed E-state index contributed by atoms with van der Waals surface area (Å²) in [5.41, 5.74) is -0.317. The first-order valence-electron chi connectivity index (χ1n) is 11.5. The largest absolute Gasteiger partial charge is 0.416 e. The molecule has 1 saturated carbocycles. The molecule has 1 heterocycles. The summed E-state index contributed by atoms with van der Waals surface area (Å²) in [5.74, 6) is 1.41. The number of aromatic nitrogens is 3. The molecular weight excluding hydrogens is 451 g/mol. The Balaban J connectivity index is 1.68. The summed E-state index contributed by atoms with van der Waals surface area (Å²) in [6, 6.07) is 5.37. The number of amides is 1. The number of anilines is 1. The normalized spacial score (nSPS) is 15.1. The van der Waals surface area contributed by atoms with Gasteiger partial charge in [0.05, 0.1) is 17.9 Å². The molecule has 182 valence electrons. The van der Waals surface area contributed by atoms with Crippen molar-refractivity contribution >= 4 is 23.4 Å². The zero-order chi connectivity index (χ0) is 23.8. The van der Waals surface area contributed by atoms with E-state index in [0.717, 1.165) is 44.2 Å². The molecule has 1 aliphatic rings. The third-order valence-electron chi connectivity index (χ3n) is 5.69. The third-order valence-corrected chi connectivity index (χ3v) is 6.63. The molecule has 33 heavy (non-hydrogen) atoms. The Hall–Kier alpha value is -2.23. The van der Waals surface area contributed by atoms with Gasteiger partial charge in [-0.3, -0.25) is 4.79 Å². The number of nitrogens with zero attached hydrogens (tertiary/aromatic N) is 3. The quantitative estimate of drug-likeness (QED) is 0.426. The van der Waals surface area contributed by atoms with Gasteiger partial charge >= 0.3 is 6.18 Å². The van der Waals surface area contributed by atoms with Gasteiger partial charge in [0.2, 0.25) is 5.91 Å². The van der Waals surface area contributed by atoms with Gasteiger partial charge < -0.3 is 15.2 Å². The molecule has 1 aliphatic carbocycles. The highest BCUT2D eigenvalue weighted by Crippen LogP contribution is 2.33. The van der Waals surface area contributed by atoms with Crippen LogP contribution in [-0.2, 0) is 17.5 Å². The van der Waals surface area contributed by atoms with Gasteiger partial charge in [-0.1, -0.05) is 50.9 Å². The SMILES string of the molecule is CC(C)CCNC(=O)CSc1nnc(CNc2cccc(C(F)(F)F)c2)n1C1CCCCC1. The van der Waals surface area contributed by atoms with E-state index < -0.39 is 11.7 Å². The first-order valence-corrected chi connectivity index (χ1v) is 12.5. The fourth-order valence-electron chi connectivity index (χ4n) is 3.90. The molecule has 0 aliphatic heterocycles. The number of halogens is 3. The van der Waals surface area contributed by atoms with Gasteiger partial charge in [-0.25, -0.2) is 0 Å². The van der Waals surface area contributed by atoms with E-state index >= 15 is 0 Å². The van der Waals surface area contributed by atoms with E-state index in [0.29, 0.717) is 29.1 Å². The lowest BCUT2D eigenvalue weighted by atomic mass is 9.95. The second-order valence-electron chi connectivity index (χ2n) is 8.81. The van der Waals surface area contributed by atoms with E-state index in [2.05, 4.69) is 39.2 Å². The Morgan fingerprint density at radius 3 is 2.67 bits per heavy atom. The first kappa shape index (κ1) is 25.4. The molecule has 0 unspecified atom stereocenters. The van der Waals surface area contributed by atoms with Crippen molar-refractivity contribution in [3.05, 3.63) is 35.7 Å². The maximum absolute atomic E-state index is 13.0. The van der Waals surface area contributed by atoms with E-state index in [1.807, 2.05) is 0 Å². The van der Waals surface area contributed by atoms with Gasteiger partial charge in [0.15, 0.2) is 11.0 Å². The smallest absolute Gasteiger partial charge is 0.378 e. The summed E-state index contributed by atoms with van der Waals surface area (Å²) in [6.07, 6.45) is 1.97. The van der Waals surface area contributed by atoms with E-state index in [4.69, 9.17) is 0 Å². The van der Waals surface area contributed by atoms with Gasteiger partial charge in [-0.05, 0) is 43.4 Å². The van der Waals surface area contributed by atoms with Crippen LogP contribution >= 0.6 is 11.8 Å². The van der Waals surface area contributed by atoms with Crippen molar-refractivity contribution in [1.82, 2.24) is 20.1 Å². The highest BCUT2D eigenvalue weighted by Gasteiger charge is 2.30. The van der Waals surface area contributed by atoms with Crippen LogP contribution in [0.2, 0.25) is 0 Å². The number of benzene rings is 1. The minimum atomic E-state index is -4.39. The average Bonchev–Trinajstić information content (AvgIpc) is 3.19. The van der Waals surface area contributed by atoms with Gasteiger partial charge in [-0.2, -0.15) is 13.2 Å². The molecule has 1 amide bonds. The molecule has 1 aromatic heterocycles. The van der Waals surface area contributed by atoms with Crippen LogP contribution in [0, 0.1) is 5.92 Å². The highest BCUT2D eigenvalue weighted by atomic mass is 32.2. The fourth-order valence-corrected chi connectivity index (χ4v) is 4.75. The second kappa shape index (κ2) is 11.8. The van der Waals surface area contributed by atoms with Crippen LogP contribution in [0.5, 0.6) is 0 Å². The predicted molar refractivity (Wildman–Crippen MR) is 124 cm³/mol. The number of carbonyl (C=O) groups is 1. The molecule has 3 rings (SSSR count). The Labute approximate surface area is 197 Å². The zero-order valence-electron chi connectivity index (χ0n) is 19.1. The van der Waals surface area contributed by atoms with Gasteiger partial charge in [-0.15, -0.1) is 10.2 Å². The Bertz CT molecular complexity index is 910. The molecule has 1 fully saturated rings. The van der Waals surface area contributed by atoms with Crippen LogP contribution in [0.4, 0.5) is 18.9 Å². The maximum Gasteiger partial charge on any atom is 0.416 e. The number of rotatable bonds is 10. The average molecular weight is 484 g/mol. The molecule has 0 spiro atoms. The topological polar surface area (TPSA) is 71.8 Å². The van der Waals surface area contributed by atoms with Crippen molar-refractivity contribution in [2.75, 3.05) is 17.6 Å². The summed E-state index contributed by atoms with van der Waals surface area (Å²) in [4.78, 5) is 12.2. The third kappa shape index (κ3) is 7.65. The minimum Gasteiger partial charge on any atom is -0.378 e. The monoisotopic (exact) mass is 483 g/mol. The van der Waals surface area contributed by atoms with Crippen LogP contribution in [0.25, 0.3) is 0 Å². The summed E-state index contributed by atoms with van der Waals surface area (Å²) < 4.78 is 41.1. The van der Waals surface area contributed by atoms with Crippen molar-refractivity contribution in [3.63, 3.8) is 0 Å². The second-order valence-corrected chi connectivity index (χ2v) is 9.76. The Kier molecular flexibility index (Phi) is 9.05. The summed E-state index contributed by atoms with van der Waals surface area (Å²) in [5, 5.41) is 15.3. The number of thioether (sulfide) groups is 1. The van der Waals surface area contributed by atoms with E-state index in [-0.39, 0.29) is 24.2 Å².